The second-order valence-corrected chi connectivity index (χ2v) is 14.6. The van der Waals surface area contributed by atoms with E-state index < -0.39 is 47.8 Å². The first-order chi connectivity index (χ1) is 36.6. The topological polar surface area (TPSA) is 293 Å². The molecule has 0 saturated carbocycles. The molecule has 2 aromatic heterocycles. The van der Waals surface area contributed by atoms with Crippen LogP contribution in [0.3, 0.4) is 0 Å². The molecule has 1 N–H and O–H groups in total. The number of hydrogen-bond acceptors (Lipinski definition) is 28. The lowest BCUT2D eigenvalue weighted by Gasteiger charge is -2.20. The fraction of sp³-hybridized carbons (Fsp3) is 0.362. The van der Waals surface area contributed by atoms with Gasteiger partial charge in [-0.15, -0.1) is 0 Å². The molecule has 28 heteroatoms. The Morgan fingerprint density at radius 2 is 0.840 bits per heavy atom. The number of phenolic OH excluding ortho intramolecular Hbond substituents is 1. The lowest BCUT2D eigenvalue weighted by molar-refractivity contribution is -0.277. The van der Waals surface area contributed by atoms with Gasteiger partial charge in [0.15, 0.2) is 76.3 Å². The second kappa shape index (κ2) is 29.6. The van der Waals surface area contributed by atoms with Gasteiger partial charge in [0, 0.05) is 85.2 Å². The van der Waals surface area contributed by atoms with Crippen molar-refractivity contribution in [3.63, 3.8) is 0 Å². The van der Waals surface area contributed by atoms with Crippen LogP contribution >= 0.6 is 0 Å². The summed E-state index contributed by atoms with van der Waals surface area (Å²) in [4.78, 5) is 102. The lowest BCUT2D eigenvalue weighted by atomic mass is 10.1. The van der Waals surface area contributed by atoms with Crippen LogP contribution in [0.1, 0.15) is 6.92 Å². The molecule has 0 fully saturated rings. The van der Waals surface area contributed by atoms with Crippen molar-refractivity contribution in [1.29, 1.82) is 0 Å². The van der Waals surface area contributed by atoms with Gasteiger partial charge >= 0.3 is 0 Å². The van der Waals surface area contributed by atoms with Crippen LogP contribution in [0.15, 0.2) is 79.1 Å². The predicted molar refractivity (Wildman–Crippen MR) is 248 cm³/mol. The van der Waals surface area contributed by atoms with Crippen LogP contribution in [0.25, 0.3) is 44.6 Å². The number of fused-ring (bicyclic) bond motifs is 2. The second-order valence-electron chi connectivity index (χ2n) is 14.6. The zero-order chi connectivity index (χ0) is 53.5. The first-order valence-corrected chi connectivity index (χ1v) is 21.6. The summed E-state index contributed by atoms with van der Waals surface area (Å²) >= 11 is 0. The van der Waals surface area contributed by atoms with E-state index in [9.17, 15) is 14.7 Å². The van der Waals surface area contributed by atoms with Crippen LogP contribution in [0.4, 0.5) is 0 Å². The van der Waals surface area contributed by atoms with Crippen LogP contribution in [0, 0.1) is 0 Å². The first kappa shape index (κ1) is 57.0. The van der Waals surface area contributed by atoms with Gasteiger partial charge in [-0.3, -0.25) is 9.59 Å². The molecule has 1 atom stereocenters. The van der Waals surface area contributed by atoms with Crippen LogP contribution < -0.4 is 54.5 Å². The molecular formula is C47H52O28. The molecule has 0 aliphatic heterocycles. The molecule has 1 unspecified atom stereocenters. The molecule has 6 rings (SSSR count). The zero-order valence-corrected chi connectivity index (χ0v) is 41.5. The standard InChI is InChI=1S/C47H52O28/c1-27(66-35-13-28(9-11-33(35)71-61-22-53-4)44-46(74-64-25-56-7)42(49)40-32(48)15-30(17-38(40)67-44)69-59-20-51-2)19-58-37-16-31(70-60-21-52-3)18-39-41(37)43(50)47(75-65-26-57-8)45(68-39)29-10-12-34(72-62-23-54-5)36(14-29)73-63-24-55-6/h9-18,27,48H,19-26H2,1-8H3. The molecule has 0 aliphatic carbocycles. The fourth-order valence-electron chi connectivity index (χ4n) is 6.24. The van der Waals surface area contributed by atoms with Gasteiger partial charge in [0.25, 0.3) is 11.5 Å². The Morgan fingerprint density at radius 3 is 1.33 bits per heavy atom. The van der Waals surface area contributed by atoms with E-state index in [4.69, 9.17) is 120 Å². The first-order valence-electron chi connectivity index (χ1n) is 21.6. The monoisotopic (exact) mass is 1060 g/mol. The summed E-state index contributed by atoms with van der Waals surface area (Å²) in [6.07, 6.45) is -0.915. The number of ether oxygens (including phenoxy) is 9. The predicted octanol–water partition coefficient (Wildman–Crippen LogP) is 6.19. The summed E-state index contributed by atoms with van der Waals surface area (Å²) in [6, 6.07) is 13.7. The molecule has 2 heterocycles. The van der Waals surface area contributed by atoms with Crippen molar-refractivity contribution >= 4 is 21.9 Å². The minimum Gasteiger partial charge on any atom is -0.507 e. The van der Waals surface area contributed by atoms with Crippen LogP contribution in [-0.4, -0.2) is 115 Å². The van der Waals surface area contributed by atoms with Crippen molar-refractivity contribution < 1.29 is 125 Å². The Morgan fingerprint density at radius 1 is 0.440 bits per heavy atom. The average Bonchev–Trinajstić information content (AvgIpc) is 3.40. The molecule has 408 valence electrons. The van der Waals surface area contributed by atoms with E-state index in [2.05, 4.69) is 0 Å². The number of rotatable bonds is 35. The van der Waals surface area contributed by atoms with Gasteiger partial charge in [0.05, 0.1) is 0 Å². The number of benzene rings is 4. The molecule has 4 aromatic carbocycles. The van der Waals surface area contributed by atoms with Crippen molar-refractivity contribution in [2.75, 3.05) is 104 Å². The van der Waals surface area contributed by atoms with Gasteiger partial charge in [-0.1, -0.05) is 0 Å². The molecule has 6 aromatic rings. The molecule has 0 bridgehead atoms. The van der Waals surface area contributed by atoms with Crippen molar-refractivity contribution in [2.24, 2.45) is 0 Å². The quantitative estimate of drug-likeness (QED) is 0.0201. The van der Waals surface area contributed by atoms with Gasteiger partial charge in [-0.25, -0.2) is 0 Å². The number of hydrogen-bond donors (Lipinski definition) is 1. The Bertz CT molecular complexity index is 2870. The maximum Gasteiger partial charge on any atom is 0.256 e. The molecule has 75 heavy (non-hydrogen) atoms. The van der Waals surface area contributed by atoms with Crippen molar-refractivity contribution in [3.8, 4) is 80.1 Å². The number of methoxy groups -OCH3 is 7. The highest BCUT2D eigenvalue weighted by atomic mass is 17.2. The highest BCUT2D eigenvalue weighted by Gasteiger charge is 2.27. The Labute approximate surface area is 424 Å². The summed E-state index contributed by atoms with van der Waals surface area (Å²) in [7, 11) is 9.59. The highest BCUT2D eigenvalue weighted by molar-refractivity contribution is 5.90. The molecule has 0 aliphatic rings. The van der Waals surface area contributed by atoms with E-state index in [-0.39, 0.29) is 125 Å². The Kier molecular flexibility index (Phi) is 22.5. The maximum absolute atomic E-state index is 14.7. The summed E-state index contributed by atoms with van der Waals surface area (Å²) in [5, 5.41) is 10.4. The third-order valence-corrected chi connectivity index (χ3v) is 9.21. The van der Waals surface area contributed by atoms with E-state index in [0.29, 0.717) is 0 Å². The zero-order valence-electron chi connectivity index (χ0n) is 41.5. The number of phenols is 1. The average molecular weight is 1060 g/mol. The van der Waals surface area contributed by atoms with E-state index in [0.717, 1.165) is 6.07 Å². The molecule has 0 amide bonds. The van der Waals surface area contributed by atoms with Crippen molar-refractivity contribution in [3.05, 3.63) is 81.1 Å². The Hall–Kier alpha value is -7.26. The third-order valence-electron chi connectivity index (χ3n) is 9.21. The summed E-state index contributed by atoms with van der Waals surface area (Å²) in [5.41, 5.74) is -1.57. The minimum atomic E-state index is -0.915. The van der Waals surface area contributed by atoms with E-state index in [1.165, 1.54) is 104 Å². The normalized spacial score (nSPS) is 11.7. The smallest absolute Gasteiger partial charge is 0.256 e. The molecule has 0 radical (unpaired) electrons. The van der Waals surface area contributed by atoms with E-state index in [1.54, 1.807) is 6.92 Å². The molecule has 28 nitrogen and oxygen atoms in total. The third kappa shape index (κ3) is 15.4. The molecule has 0 spiro atoms. The SMILES string of the molecule is COCOOc1cc(O)c2c(=O)c(OOCOC)c(-c3ccc(OOCOC)c(OC(C)COc4cc(OOCOC)cc5oc(-c6ccc(OOCOC)c(OOCOC)c6)c(OOCOC)c(=O)c45)c3)oc2c1. The van der Waals surface area contributed by atoms with Crippen LogP contribution in [0.5, 0.6) is 57.5 Å². The fourth-order valence-corrected chi connectivity index (χ4v) is 6.24. The maximum atomic E-state index is 14.7. The molecule has 0 saturated heterocycles. The van der Waals surface area contributed by atoms with Gasteiger partial charge in [-0.2, -0.15) is 34.2 Å². The van der Waals surface area contributed by atoms with Crippen molar-refractivity contribution in [1.82, 2.24) is 0 Å². The van der Waals surface area contributed by atoms with Gasteiger partial charge in [0.1, 0.15) is 46.1 Å². The summed E-state index contributed by atoms with van der Waals surface area (Å²) < 4.78 is 59.7. The number of aromatic hydroxyl groups is 1. The minimum absolute atomic E-state index is 0.00452. The van der Waals surface area contributed by atoms with Gasteiger partial charge < -0.3 is 90.8 Å². The highest BCUT2D eigenvalue weighted by Crippen LogP contribution is 2.42. The summed E-state index contributed by atoms with van der Waals surface area (Å²) in [5.74, 6) is -2.08. The van der Waals surface area contributed by atoms with E-state index >= 15 is 0 Å². The van der Waals surface area contributed by atoms with E-state index in [1.807, 2.05) is 0 Å². The lowest BCUT2D eigenvalue weighted by Crippen LogP contribution is -2.22. The van der Waals surface area contributed by atoms with Crippen LogP contribution in [-0.2, 0) is 67.4 Å². The van der Waals surface area contributed by atoms with Crippen molar-refractivity contribution in [2.45, 2.75) is 13.0 Å². The molecular weight excluding hydrogens is 1010 g/mol. The summed E-state index contributed by atoms with van der Waals surface area (Å²) in [6.45, 7) is -0.828. The Balaban J connectivity index is 1.40. The van der Waals surface area contributed by atoms with Gasteiger partial charge in [0.2, 0.25) is 28.1 Å². The van der Waals surface area contributed by atoms with Gasteiger partial charge in [-0.05, 0) is 43.3 Å². The van der Waals surface area contributed by atoms with Crippen LogP contribution in [0.2, 0.25) is 0 Å². The largest absolute Gasteiger partial charge is 0.507 e.